The average molecular weight is 315 g/mol. The van der Waals surface area contributed by atoms with E-state index < -0.39 is 0 Å². The fourth-order valence-electron chi connectivity index (χ4n) is 7.14. The predicted molar refractivity (Wildman–Crippen MR) is 97.2 cm³/mol. The first-order chi connectivity index (χ1) is 10.8. The molecule has 0 aliphatic heterocycles. The van der Waals surface area contributed by atoms with Crippen LogP contribution in [0.4, 0.5) is 0 Å². The number of fused-ring (bicyclic) bond motifs is 3. The quantitative estimate of drug-likeness (QED) is 0.454. The van der Waals surface area contributed by atoms with E-state index in [9.17, 15) is 4.79 Å². The van der Waals surface area contributed by atoms with Crippen LogP contribution in [0.2, 0.25) is 0 Å². The van der Waals surface area contributed by atoms with Gasteiger partial charge in [0.25, 0.3) is 0 Å². The van der Waals surface area contributed by atoms with Gasteiger partial charge in [0.2, 0.25) is 0 Å². The number of allylic oxidation sites excluding steroid dienone is 2. The van der Waals surface area contributed by atoms with Gasteiger partial charge in [-0.2, -0.15) is 0 Å². The maximum absolute atomic E-state index is 12.7. The summed E-state index contributed by atoms with van der Waals surface area (Å²) < 4.78 is 0. The van der Waals surface area contributed by atoms with E-state index in [0.717, 1.165) is 12.3 Å². The molecule has 3 aliphatic rings. The number of rotatable bonds is 3. The van der Waals surface area contributed by atoms with Gasteiger partial charge in [0, 0.05) is 5.41 Å². The number of carbonyl (C=O) groups excluding carboxylic acids is 1. The first-order valence-corrected chi connectivity index (χ1v) is 9.66. The van der Waals surface area contributed by atoms with Gasteiger partial charge in [0.05, 0.1) is 0 Å². The van der Waals surface area contributed by atoms with Crippen molar-refractivity contribution in [3.63, 3.8) is 0 Å². The Morgan fingerprint density at radius 1 is 1.22 bits per heavy atom. The standard InChI is InChI=1S/C22H34O/c1-6-19(23)21(5)13-8-12-20(4)17(21)11-14-22(7-2)15-16(3)9-10-18(20)22/h6,17-18H,1,3,7-15H2,2,4-5H3/t17?,18?,20-,21-,22-/m1/s1. The lowest BCUT2D eigenvalue weighted by atomic mass is 9.39. The summed E-state index contributed by atoms with van der Waals surface area (Å²) in [6.45, 7) is 15.3. The SMILES string of the molecule is C=CC(=O)[C@]1(C)CCC[C@@]2(C)C3CCC(=C)C[C@@]3(CC)CCC21. The van der Waals surface area contributed by atoms with Crippen LogP contribution in [-0.2, 0) is 4.79 Å². The van der Waals surface area contributed by atoms with Gasteiger partial charge in [0.1, 0.15) is 0 Å². The van der Waals surface area contributed by atoms with Crippen LogP contribution >= 0.6 is 0 Å². The average Bonchev–Trinajstić information content (AvgIpc) is 2.53. The molecule has 0 bridgehead atoms. The number of ketones is 1. The Kier molecular flexibility index (Phi) is 4.14. The van der Waals surface area contributed by atoms with Crippen molar-refractivity contribution in [2.75, 3.05) is 0 Å². The van der Waals surface area contributed by atoms with Gasteiger partial charge < -0.3 is 0 Å². The summed E-state index contributed by atoms with van der Waals surface area (Å²) in [4.78, 5) is 12.7. The minimum Gasteiger partial charge on any atom is -0.294 e. The molecule has 3 aliphatic carbocycles. The third kappa shape index (κ3) is 2.29. The summed E-state index contributed by atoms with van der Waals surface area (Å²) >= 11 is 0. The Labute approximate surface area is 142 Å². The highest BCUT2D eigenvalue weighted by atomic mass is 16.1. The lowest BCUT2D eigenvalue weighted by Gasteiger charge is -2.65. The second-order valence-electron chi connectivity index (χ2n) is 9.17. The zero-order valence-electron chi connectivity index (χ0n) is 15.4. The maximum atomic E-state index is 12.7. The van der Waals surface area contributed by atoms with E-state index in [4.69, 9.17) is 0 Å². The van der Waals surface area contributed by atoms with Gasteiger partial charge in [0.15, 0.2) is 5.78 Å². The molecule has 128 valence electrons. The zero-order valence-corrected chi connectivity index (χ0v) is 15.4. The van der Waals surface area contributed by atoms with Crippen LogP contribution in [0.5, 0.6) is 0 Å². The first kappa shape index (κ1) is 17.0. The minimum absolute atomic E-state index is 0.177. The van der Waals surface area contributed by atoms with Crippen LogP contribution in [0.3, 0.4) is 0 Å². The van der Waals surface area contributed by atoms with Gasteiger partial charge >= 0.3 is 0 Å². The van der Waals surface area contributed by atoms with E-state index in [-0.39, 0.29) is 11.2 Å². The van der Waals surface area contributed by atoms with Crippen molar-refractivity contribution in [1.29, 1.82) is 0 Å². The summed E-state index contributed by atoms with van der Waals surface area (Å²) in [5.74, 6) is 1.59. The summed E-state index contributed by atoms with van der Waals surface area (Å²) in [5, 5.41) is 0. The van der Waals surface area contributed by atoms with E-state index in [0.29, 0.717) is 16.7 Å². The Hall–Kier alpha value is -0.850. The van der Waals surface area contributed by atoms with E-state index in [1.54, 1.807) is 6.08 Å². The van der Waals surface area contributed by atoms with Crippen LogP contribution in [-0.4, -0.2) is 5.78 Å². The predicted octanol–water partition coefficient (Wildman–Crippen LogP) is 6.10. The molecule has 1 heteroatoms. The Morgan fingerprint density at radius 3 is 2.61 bits per heavy atom. The summed E-state index contributed by atoms with van der Waals surface area (Å²) in [6, 6.07) is 0. The molecule has 0 aromatic rings. The molecular formula is C22H34O. The third-order valence-corrected chi connectivity index (χ3v) is 8.28. The molecule has 3 fully saturated rings. The number of carbonyl (C=O) groups is 1. The summed E-state index contributed by atoms with van der Waals surface area (Å²) in [5.41, 5.74) is 2.06. The lowest BCUT2D eigenvalue weighted by Crippen LogP contribution is -2.58. The van der Waals surface area contributed by atoms with Gasteiger partial charge in [-0.3, -0.25) is 4.79 Å². The molecule has 23 heavy (non-hydrogen) atoms. The van der Waals surface area contributed by atoms with E-state index >= 15 is 0 Å². The minimum atomic E-state index is -0.177. The zero-order chi connectivity index (χ0) is 16.9. The van der Waals surface area contributed by atoms with Crippen molar-refractivity contribution in [2.45, 2.75) is 78.6 Å². The van der Waals surface area contributed by atoms with Crippen LogP contribution in [0, 0.1) is 28.1 Å². The smallest absolute Gasteiger partial charge is 0.161 e. The lowest BCUT2D eigenvalue weighted by molar-refractivity contribution is -0.162. The molecule has 0 aromatic carbocycles. The second-order valence-corrected chi connectivity index (χ2v) is 9.17. The molecule has 2 unspecified atom stereocenters. The highest BCUT2D eigenvalue weighted by Gasteiger charge is 2.61. The van der Waals surface area contributed by atoms with Crippen molar-refractivity contribution in [3.05, 3.63) is 24.8 Å². The van der Waals surface area contributed by atoms with Crippen molar-refractivity contribution < 1.29 is 4.79 Å². The normalized spacial score (nSPS) is 46.7. The third-order valence-electron chi connectivity index (χ3n) is 8.28. The molecule has 0 aromatic heterocycles. The molecule has 1 nitrogen and oxygen atoms in total. The molecule has 0 saturated heterocycles. The van der Waals surface area contributed by atoms with E-state index in [1.807, 2.05) is 0 Å². The number of hydrogen-bond donors (Lipinski definition) is 0. The van der Waals surface area contributed by atoms with E-state index in [1.165, 1.54) is 56.9 Å². The van der Waals surface area contributed by atoms with Crippen LogP contribution in [0.15, 0.2) is 24.8 Å². The van der Waals surface area contributed by atoms with E-state index in [2.05, 4.69) is 33.9 Å². The van der Waals surface area contributed by atoms with Crippen LogP contribution in [0.1, 0.15) is 78.6 Å². The molecule has 0 N–H and O–H groups in total. The van der Waals surface area contributed by atoms with Gasteiger partial charge in [-0.25, -0.2) is 0 Å². The Bertz CT molecular complexity index is 532. The topological polar surface area (TPSA) is 17.1 Å². The molecule has 0 radical (unpaired) electrons. The fourth-order valence-corrected chi connectivity index (χ4v) is 7.14. The second kappa shape index (κ2) is 5.60. The molecule has 0 amide bonds. The Morgan fingerprint density at radius 2 is 1.96 bits per heavy atom. The van der Waals surface area contributed by atoms with Crippen LogP contribution < -0.4 is 0 Å². The van der Waals surface area contributed by atoms with Gasteiger partial charge in [-0.1, -0.05) is 45.9 Å². The summed E-state index contributed by atoms with van der Waals surface area (Å²) in [7, 11) is 0. The number of hydrogen-bond acceptors (Lipinski definition) is 1. The molecule has 3 saturated carbocycles. The highest BCUT2D eigenvalue weighted by Crippen LogP contribution is 2.68. The highest BCUT2D eigenvalue weighted by molar-refractivity contribution is 5.94. The summed E-state index contributed by atoms with van der Waals surface area (Å²) in [6.07, 6.45) is 12.6. The monoisotopic (exact) mass is 314 g/mol. The van der Waals surface area contributed by atoms with Crippen molar-refractivity contribution in [2.24, 2.45) is 28.1 Å². The first-order valence-electron chi connectivity index (χ1n) is 9.66. The fraction of sp³-hybridized carbons (Fsp3) is 0.773. The largest absolute Gasteiger partial charge is 0.294 e. The van der Waals surface area contributed by atoms with Crippen molar-refractivity contribution in [3.8, 4) is 0 Å². The molecule has 0 heterocycles. The molecule has 3 rings (SSSR count). The molecular weight excluding hydrogens is 280 g/mol. The molecule has 5 atom stereocenters. The Balaban J connectivity index is 2.02. The van der Waals surface area contributed by atoms with Crippen LogP contribution in [0.25, 0.3) is 0 Å². The van der Waals surface area contributed by atoms with Gasteiger partial charge in [-0.15, -0.1) is 0 Å². The van der Waals surface area contributed by atoms with Gasteiger partial charge in [-0.05, 0) is 80.1 Å². The molecule has 0 spiro atoms. The van der Waals surface area contributed by atoms with Crippen molar-refractivity contribution >= 4 is 5.78 Å². The van der Waals surface area contributed by atoms with Crippen molar-refractivity contribution in [1.82, 2.24) is 0 Å². The maximum Gasteiger partial charge on any atom is 0.161 e.